The van der Waals surface area contributed by atoms with Crippen LogP contribution in [0.25, 0.3) is 10.9 Å². The van der Waals surface area contributed by atoms with Gasteiger partial charge in [0.1, 0.15) is 5.75 Å². The molecule has 3 rings (SSSR count). The van der Waals surface area contributed by atoms with Gasteiger partial charge in [-0.15, -0.1) is 0 Å². The molecule has 0 bridgehead atoms. The van der Waals surface area contributed by atoms with Crippen LogP contribution in [0.3, 0.4) is 0 Å². The van der Waals surface area contributed by atoms with Crippen molar-refractivity contribution in [2.75, 3.05) is 30.5 Å². The lowest BCUT2D eigenvalue weighted by Gasteiger charge is -2.22. The van der Waals surface area contributed by atoms with Crippen molar-refractivity contribution < 1.29 is 18.3 Å². The average molecular weight is 322 g/mol. The summed E-state index contributed by atoms with van der Waals surface area (Å²) < 4.78 is 28.3. The molecule has 2 N–H and O–H groups in total. The molecule has 2 heterocycles. The Kier molecular flexibility index (Phi) is 3.70. The molecule has 6 nitrogen and oxygen atoms in total. The van der Waals surface area contributed by atoms with Gasteiger partial charge in [0.15, 0.2) is 9.84 Å². The monoisotopic (exact) mass is 322 g/mol. The van der Waals surface area contributed by atoms with Crippen molar-refractivity contribution in [1.82, 2.24) is 4.98 Å². The maximum Gasteiger partial charge on any atom is 0.153 e. The highest BCUT2D eigenvalue weighted by atomic mass is 32.2. The summed E-state index contributed by atoms with van der Waals surface area (Å²) in [4.78, 5) is 4.28. The van der Waals surface area contributed by atoms with E-state index in [0.717, 1.165) is 16.6 Å². The van der Waals surface area contributed by atoms with E-state index in [1.807, 2.05) is 18.2 Å². The van der Waals surface area contributed by atoms with Gasteiger partial charge in [-0.25, -0.2) is 8.42 Å². The number of methoxy groups -OCH3 is 1. The molecule has 0 saturated carbocycles. The van der Waals surface area contributed by atoms with Gasteiger partial charge in [-0.05, 0) is 30.7 Å². The number of hydrogen-bond donors (Lipinski definition) is 2. The van der Waals surface area contributed by atoms with Crippen LogP contribution in [0.2, 0.25) is 0 Å². The second kappa shape index (κ2) is 5.40. The number of pyridine rings is 1. The fourth-order valence-corrected chi connectivity index (χ4v) is 4.61. The van der Waals surface area contributed by atoms with Crippen molar-refractivity contribution in [2.45, 2.75) is 12.0 Å². The molecule has 1 saturated heterocycles. The largest absolute Gasteiger partial charge is 0.497 e. The first-order valence-corrected chi connectivity index (χ1v) is 8.82. The molecule has 1 atom stereocenters. The maximum atomic E-state index is 11.5. The van der Waals surface area contributed by atoms with Gasteiger partial charge in [-0.3, -0.25) is 4.98 Å². The molecule has 1 aromatic carbocycles. The molecule has 1 aliphatic rings. The summed E-state index contributed by atoms with van der Waals surface area (Å²) in [5.74, 6) is 0.556. The Bertz CT molecular complexity index is 806. The Labute approximate surface area is 129 Å². The van der Waals surface area contributed by atoms with Crippen LogP contribution in [0.15, 0.2) is 30.5 Å². The Balaban J connectivity index is 1.85. The first-order chi connectivity index (χ1) is 10.4. The van der Waals surface area contributed by atoms with Crippen molar-refractivity contribution in [1.29, 1.82) is 0 Å². The van der Waals surface area contributed by atoms with Crippen LogP contribution in [0.5, 0.6) is 5.75 Å². The van der Waals surface area contributed by atoms with Gasteiger partial charge >= 0.3 is 0 Å². The number of fused-ring (bicyclic) bond motifs is 1. The third-order valence-corrected chi connectivity index (χ3v) is 5.73. The summed E-state index contributed by atoms with van der Waals surface area (Å²) in [7, 11) is -1.54. The van der Waals surface area contributed by atoms with Crippen LogP contribution in [0, 0.1) is 0 Å². The van der Waals surface area contributed by atoms with E-state index in [2.05, 4.69) is 10.3 Å². The van der Waals surface area contributed by atoms with Gasteiger partial charge in [-0.1, -0.05) is 0 Å². The summed E-state index contributed by atoms with van der Waals surface area (Å²) in [6.45, 7) is 0.183. The topological polar surface area (TPSA) is 88.5 Å². The Morgan fingerprint density at radius 2 is 2.23 bits per heavy atom. The summed E-state index contributed by atoms with van der Waals surface area (Å²) >= 11 is 0. The van der Waals surface area contributed by atoms with Gasteiger partial charge in [0.25, 0.3) is 0 Å². The van der Waals surface area contributed by atoms with Crippen LogP contribution in [0.4, 0.5) is 5.69 Å². The molecular weight excluding hydrogens is 304 g/mol. The van der Waals surface area contributed by atoms with Gasteiger partial charge in [-0.2, -0.15) is 0 Å². The zero-order chi connectivity index (χ0) is 15.8. The number of nitrogens with one attached hydrogen (secondary N) is 1. The van der Waals surface area contributed by atoms with Gasteiger partial charge in [0.2, 0.25) is 0 Å². The lowest BCUT2D eigenvalue weighted by atomic mass is 10.0. The smallest absolute Gasteiger partial charge is 0.153 e. The molecular formula is C15H18N2O4S. The van der Waals surface area contributed by atoms with E-state index in [9.17, 15) is 13.5 Å². The fraction of sp³-hybridized carbons (Fsp3) is 0.400. The summed E-state index contributed by atoms with van der Waals surface area (Å²) in [6, 6.07) is 7.35. The van der Waals surface area contributed by atoms with Crippen LogP contribution in [0.1, 0.15) is 6.42 Å². The van der Waals surface area contributed by atoms with Crippen LogP contribution < -0.4 is 10.1 Å². The van der Waals surface area contributed by atoms with E-state index >= 15 is 0 Å². The number of hydrogen-bond acceptors (Lipinski definition) is 6. The molecule has 1 fully saturated rings. The second-order valence-electron chi connectivity index (χ2n) is 5.66. The van der Waals surface area contributed by atoms with Crippen molar-refractivity contribution in [3.63, 3.8) is 0 Å². The molecule has 0 aliphatic carbocycles. The normalized spacial score (nSPS) is 23.5. The van der Waals surface area contributed by atoms with E-state index in [1.165, 1.54) is 0 Å². The molecule has 0 radical (unpaired) electrons. The Hall–Kier alpha value is -1.86. The third kappa shape index (κ3) is 3.00. The predicted octanol–water partition coefficient (Wildman–Crippen LogP) is 1.20. The molecule has 118 valence electrons. The van der Waals surface area contributed by atoms with Gasteiger partial charge < -0.3 is 15.2 Å². The number of benzene rings is 1. The SMILES string of the molecule is COc1ccc2nccc(NCC3(O)CCS(=O)(=O)C3)c2c1. The molecule has 7 heteroatoms. The summed E-state index contributed by atoms with van der Waals surface area (Å²) in [5.41, 5.74) is 0.381. The fourth-order valence-electron chi connectivity index (χ4n) is 2.70. The van der Waals surface area contributed by atoms with E-state index in [-0.39, 0.29) is 24.5 Å². The van der Waals surface area contributed by atoms with Crippen molar-refractivity contribution in [2.24, 2.45) is 0 Å². The Morgan fingerprint density at radius 1 is 1.41 bits per heavy atom. The predicted molar refractivity (Wildman–Crippen MR) is 85.0 cm³/mol. The second-order valence-corrected chi connectivity index (χ2v) is 7.85. The van der Waals surface area contributed by atoms with E-state index in [1.54, 1.807) is 19.4 Å². The molecule has 22 heavy (non-hydrogen) atoms. The minimum Gasteiger partial charge on any atom is -0.497 e. The van der Waals surface area contributed by atoms with Crippen molar-refractivity contribution in [3.05, 3.63) is 30.5 Å². The highest BCUT2D eigenvalue weighted by Gasteiger charge is 2.40. The number of ether oxygens (including phenoxy) is 1. The van der Waals surface area contributed by atoms with Gasteiger partial charge in [0, 0.05) is 23.8 Å². The molecule has 1 aromatic heterocycles. The number of aliphatic hydroxyl groups is 1. The standard InChI is InChI=1S/C15H18N2O4S/c1-21-11-2-3-13-12(8-11)14(4-6-16-13)17-9-15(18)5-7-22(19,20)10-15/h2-4,6,8,18H,5,7,9-10H2,1H3,(H,16,17). The van der Waals surface area contributed by atoms with Crippen LogP contribution >= 0.6 is 0 Å². The number of sulfone groups is 1. The lowest BCUT2D eigenvalue weighted by Crippen LogP contribution is -2.38. The number of nitrogens with zero attached hydrogens (tertiary/aromatic N) is 1. The van der Waals surface area contributed by atoms with E-state index in [4.69, 9.17) is 4.74 Å². The van der Waals surface area contributed by atoms with Crippen molar-refractivity contribution in [3.8, 4) is 5.75 Å². The molecule has 0 spiro atoms. The minimum atomic E-state index is -3.13. The summed E-state index contributed by atoms with van der Waals surface area (Å²) in [5, 5.41) is 14.4. The quantitative estimate of drug-likeness (QED) is 0.879. The molecule has 1 unspecified atom stereocenters. The van der Waals surface area contributed by atoms with Crippen LogP contribution in [-0.2, 0) is 9.84 Å². The zero-order valence-electron chi connectivity index (χ0n) is 12.2. The molecule has 2 aromatic rings. The maximum absolute atomic E-state index is 11.5. The number of aromatic nitrogens is 1. The average Bonchev–Trinajstić information content (AvgIpc) is 2.78. The Morgan fingerprint density at radius 3 is 2.91 bits per heavy atom. The highest BCUT2D eigenvalue weighted by molar-refractivity contribution is 7.91. The number of anilines is 1. The summed E-state index contributed by atoms with van der Waals surface area (Å²) in [6.07, 6.45) is 1.93. The van der Waals surface area contributed by atoms with E-state index in [0.29, 0.717) is 5.75 Å². The first kappa shape index (κ1) is 15.1. The van der Waals surface area contributed by atoms with Crippen molar-refractivity contribution >= 4 is 26.4 Å². The zero-order valence-corrected chi connectivity index (χ0v) is 13.1. The molecule has 0 amide bonds. The van der Waals surface area contributed by atoms with E-state index < -0.39 is 15.4 Å². The lowest BCUT2D eigenvalue weighted by molar-refractivity contribution is 0.0816. The number of rotatable bonds is 4. The molecule has 1 aliphatic heterocycles. The minimum absolute atomic E-state index is 0.0378. The highest BCUT2D eigenvalue weighted by Crippen LogP contribution is 2.28. The first-order valence-electron chi connectivity index (χ1n) is 7.00. The van der Waals surface area contributed by atoms with Crippen LogP contribution in [-0.4, -0.2) is 49.3 Å². The third-order valence-electron chi connectivity index (χ3n) is 3.92. The van der Waals surface area contributed by atoms with Gasteiger partial charge in [0.05, 0.1) is 29.7 Å².